The lowest BCUT2D eigenvalue weighted by Gasteiger charge is -2.51. The summed E-state index contributed by atoms with van der Waals surface area (Å²) in [4.78, 5) is 104. The van der Waals surface area contributed by atoms with Crippen molar-refractivity contribution in [2.24, 2.45) is 0 Å². The van der Waals surface area contributed by atoms with Crippen LogP contribution in [-0.2, 0) is 107 Å². The van der Waals surface area contributed by atoms with Gasteiger partial charge in [0.25, 0.3) is 0 Å². The minimum Gasteiger partial charge on any atom is -0.459 e. The summed E-state index contributed by atoms with van der Waals surface area (Å²) < 4.78 is 116. The second-order valence-corrected chi connectivity index (χ2v) is 29.3. The fourth-order valence-corrected chi connectivity index (χ4v) is 13.6. The summed E-state index contributed by atoms with van der Waals surface area (Å²) in [5, 5.41) is 2.64. The molecular weight excluding hydrogens is 1540 g/mol. The molecule has 25 nitrogen and oxygen atoms in total. The van der Waals surface area contributed by atoms with Gasteiger partial charge in [-0.2, -0.15) is 0 Å². The Hall–Kier alpha value is -12.1. The van der Waals surface area contributed by atoms with Crippen molar-refractivity contribution in [2.45, 2.75) is 145 Å². The molecule has 0 bridgehead atoms. The Bertz CT molecular complexity index is 4850. The van der Waals surface area contributed by atoms with Crippen LogP contribution < -0.4 is 5.32 Å². The van der Waals surface area contributed by atoms with Crippen molar-refractivity contribution in [3.05, 3.63) is 359 Å². The average Bonchev–Trinajstić information content (AvgIpc) is 0.749. The quantitative estimate of drug-likeness (QED) is 0.0219. The second-order valence-electron chi connectivity index (χ2n) is 29.3. The van der Waals surface area contributed by atoms with Crippen LogP contribution in [0.2, 0.25) is 0 Å². The van der Waals surface area contributed by atoms with Gasteiger partial charge in [-0.3, -0.25) is 0 Å². The molecule has 10 aromatic rings. The van der Waals surface area contributed by atoms with Gasteiger partial charge < -0.3 is 85.8 Å². The van der Waals surface area contributed by atoms with Crippen molar-refractivity contribution >= 4 is 41.9 Å². The molecule has 0 aromatic heterocycles. The molecule has 0 saturated carbocycles. The number of nitrogens with one attached hydrogen (secondary N) is 1. The number of benzene rings is 10. The fourth-order valence-electron chi connectivity index (χ4n) is 13.6. The van der Waals surface area contributed by atoms with Gasteiger partial charge in [0.1, 0.15) is 67.6 Å². The van der Waals surface area contributed by atoms with Gasteiger partial charge in [-0.25, -0.2) is 33.6 Å². The van der Waals surface area contributed by atoms with E-state index in [2.05, 4.69) is 5.32 Å². The third kappa shape index (κ3) is 24.3. The normalized spacial score (nSPS) is 22.7. The summed E-state index contributed by atoms with van der Waals surface area (Å²) in [6.45, 7) is 2.65. The van der Waals surface area contributed by atoms with Gasteiger partial charge >= 0.3 is 41.9 Å². The average molecular weight is 1630 g/mol. The summed E-state index contributed by atoms with van der Waals surface area (Å²) in [7, 11) is 0. The van der Waals surface area contributed by atoms with E-state index in [1.807, 2.05) is 121 Å². The largest absolute Gasteiger partial charge is 0.459 e. The molecule has 3 aliphatic rings. The lowest BCUT2D eigenvalue weighted by Crippen LogP contribution is -2.69. The highest BCUT2D eigenvalue weighted by Crippen LogP contribution is 2.40. The Morgan fingerprint density at radius 1 is 0.292 bits per heavy atom. The highest BCUT2D eigenvalue weighted by Gasteiger charge is 2.60. The summed E-state index contributed by atoms with van der Waals surface area (Å²) in [6.07, 6.45) is -26.7. The Kier molecular flexibility index (Phi) is 30.8. The van der Waals surface area contributed by atoms with Crippen LogP contribution in [0.1, 0.15) is 105 Å². The molecule has 3 aliphatic heterocycles. The topological polar surface area (TPSA) is 288 Å². The van der Waals surface area contributed by atoms with Crippen molar-refractivity contribution in [2.75, 3.05) is 33.0 Å². The number of hydrogen-bond acceptors (Lipinski definition) is 24. The molecule has 120 heavy (non-hydrogen) atoms. The van der Waals surface area contributed by atoms with Gasteiger partial charge in [0.15, 0.2) is 43.3 Å². The van der Waals surface area contributed by atoms with E-state index in [4.69, 9.17) is 80.5 Å². The molecule has 15 atom stereocenters. The molecule has 25 heteroatoms. The maximum atomic E-state index is 15.7. The summed E-state index contributed by atoms with van der Waals surface area (Å²) in [5.41, 5.74) is 2.41. The highest BCUT2D eigenvalue weighted by atomic mass is 16.8. The maximum Gasteiger partial charge on any atom is 0.407 e. The van der Waals surface area contributed by atoms with Gasteiger partial charge in [-0.1, -0.05) is 231 Å². The number of amides is 1. The molecular formula is C95H93NO24. The van der Waals surface area contributed by atoms with E-state index in [1.54, 1.807) is 130 Å². The monoisotopic (exact) mass is 1630 g/mol. The van der Waals surface area contributed by atoms with Gasteiger partial charge in [0, 0.05) is 6.54 Å². The first-order valence-electron chi connectivity index (χ1n) is 39.5. The number of alkyl carbamates (subject to hydrolysis) is 1. The fraction of sp³-hybridized carbons (Fsp3) is 0.295. The van der Waals surface area contributed by atoms with Crippen molar-refractivity contribution in [3.63, 3.8) is 0 Å². The van der Waals surface area contributed by atoms with Crippen LogP contribution >= 0.6 is 0 Å². The predicted octanol–water partition coefficient (Wildman–Crippen LogP) is 14.1. The summed E-state index contributed by atoms with van der Waals surface area (Å²) in [5.74, 6) is -5.76. The van der Waals surface area contributed by atoms with Crippen molar-refractivity contribution < 1.29 is 114 Å². The Morgan fingerprint density at radius 3 is 0.992 bits per heavy atom. The van der Waals surface area contributed by atoms with E-state index in [9.17, 15) is 19.2 Å². The van der Waals surface area contributed by atoms with Crippen LogP contribution in [0, 0.1) is 0 Å². The number of esters is 6. The molecule has 13 rings (SSSR count). The standard InChI is InChI=1S/C95H93NO24/c1-95(2,3)120-94(103)96-54-55-105-91-83(116-89(101)71-50-30-12-31-51-71)80(115-88(100)70-48-28-11-29-49-70)78(75(111-91)62-110-86(98)68-44-24-9-25-45-68)118-93-84(117-90(102)72-52-32-13-33-53-72)81(77(114-87(99)69-46-26-10-27-47-69)74(113-93)61-109-85(97)67-42-22-8-23-43-67)119-92-82(108-59-66-40-20-7-21-41-66)79(107-58-65-38-18-6-19-39-65)76(106-57-64-36-16-5-17-37-64)73(112-92)60-104-56-63-34-14-4-15-35-63/h4-53,73-84,91-93H,54-62H2,1-3H3,(H,96,103)/t73-,74-,75-,76+,77+,78-,79+,80+,81+,82-,83-,84-,91-,92-,93+/m1/s1. The van der Waals surface area contributed by atoms with E-state index >= 15 is 14.4 Å². The zero-order valence-electron chi connectivity index (χ0n) is 66.2. The smallest absolute Gasteiger partial charge is 0.407 e. The molecule has 1 amide bonds. The summed E-state index contributed by atoms with van der Waals surface area (Å²) >= 11 is 0. The van der Waals surface area contributed by atoms with Crippen LogP contribution in [0.15, 0.2) is 303 Å². The van der Waals surface area contributed by atoms with E-state index < -0.39 is 159 Å². The molecule has 3 saturated heterocycles. The van der Waals surface area contributed by atoms with Crippen LogP contribution in [0.25, 0.3) is 0 Å². The molecule has 0 spiro atoms. The van der Waals surface area contributed by atoms with E-state index in [-0.39, 0.29) is 73.0 Å². The minimum absolute atomic E-state index is 0.0126. The van der Waals surface area contributed by atoms with Crippen LogP contribution in [0.3, 0.4) is 0 Å². The van der Waals surface area contributed by atoms with Crippen molar-refractivity contribution in [1.29, 1.82) is 0 Å². The van der Waals surface area contributed by atoms with Gasteiger partial charge in [0.05, 0.1) is 73.0 Å². The van der Waals surface area contributed by atoms with Crippen LogP contribution in [-0.4, -0.2) is 173 Å². The van der Waals surface area contributed by atoms with Gasteiger partial charge in [-0.15, -0.1) is 0 Å². The molecule has 0 aliphatic carbocycles. The number of ether oxygens (including phenoxy) is 17. The molecule has 0 unspecified atom stereocenters. The Labute approximate surface area is 694 Å². The number of carbonyl (C=O) groups excluding carboxylic acids is 7. The third-order valence-electron chi connectivity index (χ3n) is 19.4. The first kappa shape index (κ1) is 85.8. The summed E-state index contributed by atoms with van der Waals surface area (Å²) in [6, 6.07) is 85.1. The highest BCUT2D eigenvalue weighted by molar-refractivity contribution is 5.92. The first-order valence-corrected chi connectivity index (χ1v) is 39.5. The zero-order valence-corrected chi connectivity index (χ0v) is 66.2. The van der Waals surface area contributed by atoms with Crippen molar-refractivity contribution in [3.8, 4) is 0 Å². The number of hydrogen-bond donors (Lipinski definition) is 1. The molecule has 1 N–H and O–H groups in total. The second kappa shape index (κ2) is 43.0. The van der Waals surface area contributed by atoms with Gasteiger partial charge in [0.2, 0.25) is 0 Å². The lowest BCUT2D eigenvalue weighted by molar-refractivity contribution is -0.383. The Balaban J connectivity index is 1.00. The molecule has 3 heterocycles. The molecule has 622 valence electrons. The van der Waals surface area contributed by atoms with Crippen LogP contribution in [0.5, 0.6) is 0 Å². The third-order valence-corrected chi connectivity index (χ3v) is 19.4. The van der Waals surface area contributed by atoms with Crippen molar-refractivity contribution in [1.82, 2.24) is 5.32 Å². The number of rotatable bonds is 35. The molecule has 0 radical (unpaired) electrons. The van der Waals surface area contributed by atoms with Gasteiger partial charge in [-0.05, 0) is 116 Å². The maximum absolute atomic E-state index is 15.7. The minimum atomic E-state index is -2.18. The van der Waals surface area contributed by atoms with E-state index in [0.29, 0.717) is 5.56 Å². The molecule has 3 fully saturated rings. The van der Waals surface area contributed by atoms with E-state index in [1.165, 1.54) is 72.8 Å². The van der Waals surface area contributed by atoms with Crippen LogP contribution in [0.4, 0.5) is 4.79 Å². The molecule has 10 aromatic carbocycles. The first-order chi connectivity index (χ1) is 58.5. The lowest BCUT2D eigenvalue weighted by atomic mass is 9.94. The Morgan fingerprint density at radius 2 is 0.592 bits per heavy atom. The number of carbonyl (C=O) groups is 7. The SMILES string of the molecule is CC(C)(C)OC(=O)NCCO[C@@H]1O[C@H](COC(=O)c2ccccc2)[C@@H](O[C@@H]2O[C@H](COC(=O)c3ccccc3)[C@H](OC(=O)c3ccccc3)[C@H](O[C@H]3O[C@H](COCc4ccccc4)[C@H](OCc4ccccc4)[C@H](OCc4ccccc4)[C@H]3OCc3ccccc3)[C@H]2OC(=O)c2ccccc2)[C@H](OC(=O)c2ccccc2)[C@H]1OC(=O)c1ccccc1. The predicted molar refractivity (Wildman–Crippen MR) is 433 cm³/mol. The zero-order chi connectivity index (χ0) is 83.4. The van der Waals surface area contributed by atoms with E-state index in [0.717, 1.165) is 16.7 Å².